The molecule has 0 atom stereocenters. The molecule has 0 aromatic heterocycles. The molecule has 0 saturated carbocycles. The molecule has 0 unspecified atom stereocenters. The fourth-order valence-electron chi connectivity index (χ4n) is 3.73. The fourth-order valence-corrected chi connectivity index (χ4v) is 3.73. The van der Waals surface area contributed by atoms with Gasteiger partial charge in [0.25, 0.3) is 0 Å². The largest absolute Gasteiger partial charge is 2.00 e. The number of halogens is 6. The minimum absolute atomic E-state index is 0. The van der Waals surface area contributed by atoms with Crippen molar-refractivity contribution in [1.29, 1.82) is 0 Å². The first kappa shape index (κ1) is 45.7. The smallest absolute Gasteiger partial charge is 1.00 e. The maximum atomic E-state index is 12.0. The summed E-state index contributed by atoms with van der Waals surface area (Å²) in [6.07, 6.45) is 5.11. The number of aryl methyl sites for hydroxylation is 6. The summed E-state index contributed by atoms with van der Waals surface area (Å²) in [7, 11) is 0. The molecule has 42 heavy (non-hydrogen) atoms. The van der Waals surface area contributed by atoms with Gasteiger partial charge in [0.2, 0.25) is 0 Å². The third-order valence-corrected chi connectivity index (χ3v) is 5.21. The fraction of sp³-hybridized carbons (Fsp3) is 0.438. The van der Waals surface area contributed by atoms with Gasteiger partial charge in [-0.2, -0.15) is 69.8 Å². The van der Waals surface area contributed by atoms with Crippen LogP contribution in [0.2, 0.25) is 0 Å². The van der Waals surface area contributed by atoms with Crippen molar-refractivity contribution >= 4 is 46.1 Å². The van der Waals surface area contributed by atoms with Crippen LogP contribution < -0.4 is 17.0 Å². The average Bonchev–Trinajstić information content (AvgIpc) is 3.60. The molecule has 2 fully saturated rings. The van der Waals surface area contributed by atoms with E-state index in [4.69, 9.17) is 9.47 Å². The second-order valence-electron chi connectivity index (χ2n) is 9.38. The Hall–Kier alpha value is -0.758. The van der Waals surface area contributed by atoms with Gasteiger partial charge in [0.05, 0.1) is 29.1 Å². The number of hydrogen-bond acceptors (Lipinski definition) is 2. The van der Waals surface area contributed by atoms with E-state index in [1.54, 1.807) is 0 Å². The third kappa shape index (κ3) is 20.2. The van der Waals surface area contributed by atoms with Crippen LogP contribution in [0.25, 0.3) is 0 Å². The predicted molar refractivity (Wildman–Crippen MR) is 156 cm³/mol. The van der Waals surface area contributed by atoms with E-state index >= 15 is 0 Å². The van der Waals surface area contributed by atoms with E-state index in [2.05, 4.69) is 77.9 Å². The van der Waals surface area contributed by atoms with E-state index < -0.39 is 29.1 Å². The molecule has 2 heterocycles. The zero-order chi connectivity index (χ0) is 29.4. The molecule has 0 aliphatic carbocycles. The molecule has 0 amide bonds. The van der Waals surface area contributed by atoms with E-state index in [1.165, 1.54) is 59.1 Å². The van der Waals surface area contributed by atoms with Gasteiger partial charge in [0.1, 0.15) is 0 Å². The summed E-state index contributed by atoms with van der Waals surface area (Å²) in [5.41, 5.74) is 7.56. The van der Waals surface area contributed by atoms with Crippen LogP contribution in [0.5, 0.6) is 0 Å². The maximum absolute atomic E-state index is 12.0. The average molecular weight is 678 g/mol. The van der Waals surface area contributed by atoms with Crippen LogP contribution in [0.15, 0.2) is 24.3 Å². The molecule has 0 N–H and O–H groups in total. The number of ether oxygens (including phenoxy) is 2. The van der Waals surface area contributed by atoms with E-state index in [9.17, 15) is 22.0 Å². The van der Waals surface area contributed by atoms with Crippen LogP contribution in [0.4, 0.5) is 22.0 Å². The summed E-state index contributed by atoms with van der Waals surface area (Å²) < 4.78 is 69.7. The second kappa shape index (κ2) is 25.6. The summed E-state index contributed by atoms with van der Waals surface area (Å²) in [5.74, 6) is -10.0. The third-order valence-electron chi connectivity index (χ3n) is 5.21. The molecular formula is C32H38BrF5Mg2O2. The Bertz CT molecular complexity index is 956. The Kier molecular flexibility index (Phi) is 27.8. The van der Waals surface area contributed by atoms with Crippen LogP contribution in [-0.4, -0.2) is 72.5 Å². The van der Waals surface area contributed by atoms with Crippen molar-refractivity contribution in [3.8, 4) is 0 Å². The van der Waals surface area contributed by atoms with Crippen molar-refractivity contribution in [3.05, 3.63) is 105 Å². The van der Waals surface area contributed by atoms with Gasteiger partial charge < -0.3 is 26.5 Å². The minimum Gasteiger partial charge on any atom is -1.00 e. The Morgan fingerprint density at radius 1 is 0.476 bits per heavy atom. The molecule has 0 bridgehead atoms. The summed E-state index contributed by atoms with van der Waals surface area (Å²) in [6, 6.07) is 16.0. The van der Waals surface area contributed by atoms with Crippen molar-refractivity contribution in [2.45, 2.75) is 67.2 Å². The van der Waals surface area contributed by atoms with Gasteiger partial charge in [-0.3, -0.25) is 8.78 Å². The zero-order valence-corrected chi connectivity index (χ0v) is 29.9. The number of hydrogen-bond donors (Lipinski definition) is 0. The van der Waals surface area contributed by atoms with Crippen molar-refractivity contribution in [1.82, 2.24) is 0 Å². The molecule has 224 valence electrons. The van der Waals surface area contributed by atoms with Gasteiger partial charge >= 0.3 is 46.1 Å². The molecule has 0 spiro atoms. The van der Waals surface area contributed by atoms with Crippen LogP contribution in [0.1, 0.15) is 59.1 Å². The van der Waals surface area contributed by atoms with Crippen molar-refractivity contribution < 1.29 is 48.4 Å². The van der Waals surface area contributed by atoms with Crippen LogP contribution in [0.3, 0.4) is 0 Å². The van der Waals surface area contributed by atoms with E-state index in [0.717, 1.165) is 32.5 Å². The second-order valence-corrected chi connectivity index (χ2v) is 9.38. The Morgan fingerprint density at radius 3 is 0.929 bits per heavy atom. The van der Waals surface area contributed by atoms with Crippen molar-refractivity contribution in [3.63, 3.8) is 0 Å². The number of rotatable bonds is 0. The van der Waals surface area contributed by atoms with Crippen LogP contribution >= 0.6 is 0 Å². The first-order valence-corrected chi connectivity index (χ1v) is 12.9. The van der Waals surface area contributed by atoms with Crippen molar-refractivity contribution in [2.24, 2.45) is 0 Å². The molecule has 0 radical (unpaired) electrons. The van der Waals surface area contributed by atoms with E-state index in [-0.39, 0.29) is 63.1 Å². The SMILES string of the molecule is C1CCOC1.C1CCOC1.Cc1[c-]c(C)cc(C)c1.Cc1[c-]c(C)cc(C)c1.Fc1[c-]c(F)c(F)c(F)c1F.[Br-].[Mg+2].[Mg+2]. The van der Waals surface area contributed by atoms with Crippen LogP contribution in [0, 0.1) is 88.8 Å². The quantitative estimate of drug-likeness (QED) is 0.112. The van der Waals surface area contributed by atoms with Crippen LogP contribution in [-0.2, 0) is 9.47 Å². The predicted octanol–water partition coefficient (Wildman–Crippen LogP) is 4.84. The summed E-state index contributed by atoms with van der Waals surface area (Å²) in [4.78, 5) is 0. The Morgan fingerprint density at radius 2 is 0.738 bits per heavy atom. The van der Waals surface area contributed by atoms with E-state index in [1.807, 2.05) is 0 Å². The molecule has 2 aliphatic heterocycles. The molecular weight excluding hydrogens is 640 g/mol. The monoisotopic (exact) mass is 676 g/mol. The first-order chi connectivity index (χ1) is 18.4. The molecule has 10 heteroatoms. The normalized spacial score (nSPS) is 12.5. The minimum atomic E-state index is -2.17. The summed E-state index contributed by atoms with van der Waals surface area (Å²) >= 11 is 0. The summed E-state index contributed by atoms with van der Waals surface area (Å²) in [6.45, 7) is 16.5. The van der Waals surface area contributed by atoms with Gasteiger partial charge in [0.15, 0.2) is 0 Å². The maximum Gasteiger partial charge on any atom is 2.00 e. The molecule has 2 aliphatic rings. The van der Waals surface area contributed by atoms with Gasteiger partial charge in [-0.05, 0) is 25.7 Å². The first-order valence-electron chi connectivity index (χ1n) is 12.9. The number of benzene rings is 3. The standard InChI is InChI=1S/2C9H11.C6F5.2C4H8O.BrH.2Mg/c2*1-7-4-8(2)6-9(3)5-7;7-2-1-3(8)5(10)6(11)4(2)9;2*1-2-4-5-3-1;;;/h2*4-5H,1-3H3;;2*1-4H2;1H;;/q3*-1;;;;2*+2/p-1. The van der Waals surface area contributed by atoms with Gasteiger partial charge in [0, 0.05) is 26.4 Å². The molecule has 3 aromatic rings. The molecule has 5 rings (SSSR count). The topological polar surface area (TPSA) is 18.5 Å². The molecule has 3 aromatic carbocycles. The van der Waals surface area contributed by atoms with E-state index in [0.29, 0.717) is 0 Å². The van der Waals surface area contributed by atoms with Gasteiger partial charge in [-0.1, -0.05) is 41.5 Å². The zero-order valence-electron chi connectivity index (χ0n) is 25.5. The Balaban J connectivity index is -0.000000457. The van der Waals surface area contributed by atoms with Gasteiger partial charge in [-0.25, -0.2) is 13.2 Å². The summed E-state index contributed by atoms with van der Waals surface area (Å²) in [5, 5.41) is 0. The van der Waals surface area contributed by atoms with Gasteiger partial charge in [-0.15, -0.1) is 6.07 Å². The Labute approximate surface area is 291 Å². The molecule has 2 nitrogen and oxygen atoms in total. The molecule has 2 saturated heterocycles. The van der Waals surface area contributed by atoms with Crippen molar-refractivity contribution in [2.75, 3.05) is 26.4 Å².